The minimum atomic E-state index is -3.93. The molecule has 0 aliphatic heterocycles. The normalized spacial score (nSPS) is 11.2. The number of hydrogen-bond donors (Lipinski definition) is 4. The lowest BCUT2D eigenvalue weighted by Crippen LogP contribution is -1.74. The molecule has 0 unspecified atom stereocenters. The van der Waals surface area contributed by atoms with E-state index in [0.29, 0.717) is 0 Å². The summed E-state index contributed by atoms with van der Waals surface area (Å²) in [6.45, 7) is -3.93. The van der Waals surface area contributed by atoms with Crippen LogP contribution < -0.4 is 6.15 Å². The molecule has 0 fully saturated rings. The molecule has 0 aromatic carbocycles. The second kappa shape index (κ2) is 4.09. The van der Waals surface area contributed by atoms with Gasteiger partial charge in [-0.15, -0.1) is 0 Å². The van der Waals surface area contributed by atoms with Crippen LogP contribution in [0.4, 0.5) is 0 Å². The van der Waals surface area contributed by atoms with Gasteiger partial charge in [0.15, 0.2) is 0 Å². The van der Waals surface area contributed by atoms with Crippen LogP contribution in [0.3, 0.4) is 0 Å². The Morgan fingerprint density at radius 2 is 1.25 bits per heavy atom. The molecular formula is H6Cl2NO3PS. The van der Waals surface area contributed by atoms with Gasteiger partial charge in [-0.1, -0.05) is 0 Å². The Labute approximate surface area is 57.8 Å². The van der Waals surface area contributed by atoms with Gasteiger partial charge in [0.1, 0.15) is 0 Å². The molecule has 0 saturated carbocycles. The lowest BCUT2D eigenvalue weighted by atomic mass is 14.0. The van der Waals surface area contributed by atoms with Crippen LogP contribution in [0, 0.1) is 0 Å². The minimum absolute atomic E-state index is 0. The highest BCUT2D eigenvalue weighted by Gasteiger charge is 2.06. The highest BCUT2D eigenvalue weighted by molar-refractivity contribution is 8.53. The van der Waals surface area contributed by atoms with Crippen LogP contribution in [0.5, 0.6) is 0 Å². The van der Waals surface area contributed by atoms with Gasteiger partial charge in [-0.3, -0.25) is 0 Å². The Balaban J connectivity index is 0. The fourth-order valence-electron chi connectivity index (χ4n) is 0. The molecule has 0 saturated heterocycles. The molecular weight excluding hydrogens is 196 g/mol. The maximum atomic E-state index is 8.07. The molecule has 8 heteroatoms. The van der Waals surface area contributed by atoms with E-state index in [9.17, 15) is 0 Å². The molecule has 0 aromatic heterocycles. The molecule has 0 amide bonds. The van der Waals surface area contributed by atoms with Crippen LogP contribution in [0.25, 0.3) is 0 Å². The van der Waals surface area contributed by atoms with Crippen molar-refractivity contribution in [3.05, 3.63) is 0 Å². The second-order valence-electron chi connectivity index (χ2n) is 0.710. The summed E-state index contributed by atoms with van der Waals surface area (Å²) < 4.78 is 0. The third-order valence-corrected chi connectivity index (χ3v) is 5.00. The van der Waals surface area contributed by atoms with E-state index in [1.807, 2.05) is 0 Å². The van der Waals surface area contributed by atoms with Gasteiger partial charge in [-0.2, -0.15) is 0 Å². The molecule has 0 aliphatic carbocycles. The molecule has 0 spiro atoms. The Morgan fingerprint density at radius 1 is 1.12 bits per heavy atom. The average Bonchev–Trinajstić information content (AvgIpc) is 1.31. The molecule has 0 radical (unpaired) electrons. The van der Waals surface area contributed by atoms with Crippen LogP contribution in [0.1, 0.15) is 0 Å². The number of rotatable bonds is 0. The molecule has 54 valence electrons. The van der Waals surface area contributed by atoms with Gasteiger partial charge in [0.2, 0.25) is 0 Å². The van der Waals surface area contributed by atoms with E-state index < -0.39 is 15.2 Å². The molecule has 0 aromatic rings. The highest BCUT2D eigenvalue weighted by Crippen LogP contribution is 2.39. The zero-order valence-corrected chi connectivity index (χ0v) is 6.88. The van der Waals surface area contributed by atoms with E-state index in [0.717, 1.165) is 0 Å². The smallest absolute Gasteiger partial charge is 0.306 e. The van der Waals surface area contributed by atoms with Crippen molar-refractivity contribution in [3.63, 3.8) is 0 Å². The summed E-state index contributed by atoms with van der Waals surface area (Å²) in [6, 6.07) is 0. The predicted octanol–water partition coefficient (Wildman–Crippen LogP) is 0.729. The quantitative estimate of drug-likeness (QED) is 0.435. The van der Waals surface area contributed by atoms with Crippen molar-refractivity contribution in [3.8, 4) is 0 Å². The third-order valence-electron chi connectivity index (χ3n) is 0.185. The molecule has 6 N–H and O–H groups in total. The van der Waals surface area contributed by atoms with E-state index in [1.54, 1.807) is 0 Å². The second-order valence-corrected chi connectivity index (χ2v) is 8.31. The summed E-state index contributed by atoms with van der Waals surface area (Å²) in [4.78, 5) is 24.2. The van der Waals surface area contributed by atoms with E-state index >= 15 is 0 Å². The molecule has 0 bridgehead atoms. The summed E-state index contributed by atoms with van der Waals surface area (Å²) in [5, 5.41) is 0. The van der Waals surface area contributed by atoms with Crippen LogP contribution in [-0.4, -0.2) is 14.7 Å². The van der Waals surface area contributed by atoms with Crippen molar-refractivity contribution in [1.29, 1.82) is 0 Å². The molecule has 0 rings (SSSR count). The van der Waals surface area contributed by atoms with Crippen molar-refractivity contribution < 1.29 is 14.7 Å². The van der Waals surface area contributed by atoms with Crippen molar-refractivity contribution in [1.82, 2.24) is 6.15 Å². The standard InChI is InChI=1S/Cl2H3O3PS.H3N/c1-7(2)6(3,4)5;/h3-5H;1H3. The van der Waals surface area contributed by atoms with Crippen LogP contribution in [0.2, 0.25) is 0 Å². The molecule has 0 heterocycles. The monoisotopic (exact) mass is 201 g/mol. The van der Waals surface area contributed by atoms with E-state index in [1.165, 1.54) is 0 Å². The highest BCUT2D eigenvalue weighted by atomic mass is 36.0. The first kappa shape index (κ1) is 11.9. The fourth-order valence-corrected chi connectivity index (χ4v) is 0. The summed E-state index contributed by atoms with van der Waals surface area (Å²) >= 11 is 0. The van der Waals surface area contributed by atoms with Gasteiger partial charge in [0, 0.05) is 0 Å². The van der Waals surface area contributed by atoms with Gasteiger partial charge in [-0.25, -0.2) is 0 Å². The molecule has 0 atom stereocenters. The van der Waals surface area contributed by atoms with Crippen molar-refractivity contribution in [2.45, 2.75) is 0 Å². The lowest BCUT2D eigenvalue weighted by Gasteiger charge is -1.98. The van der Waals surface area contributed by atoms with E-state index in [-0.39, 0.29) is 6.15 Å². The van der Waals surface area contributed by atoms with Crippen LogP contribution in [-0.2, 0) is 8.50 Å². The van der Waals surface area contributed by atoms with Crippen molar-refractivity contribution >= 4 is 36.6 Å². The topological polar surface area (TPSA) is 95.7 Å². The SMILES string of the molecule is N.OP(O)(O)=S(Cl)Cl. The van der Waals surface area contributed by atoms with Crippen molar-refractivity contribution in [2.75, 3.05) is 0 Å². The zero-order chi connectivity index (χ0) is 6.08. The molecule has 4 nitrogen and oxygen atoms in total. The summed E-state index contributed by atoms with van der Waals surface area (Å²) in [6.07, 6.45) is 0. The Bertz CT molecular complexity index is 106. The summed E-state index contributed by atoms with van der Waals surface area (Å²) in [7, 11) is 7.98. The Hall–Kier alpha value is 1.20. The van der Waals surface area contributed by atoms with Crippen LogP contribution >= 0.6 is 28.1 Å². The number of halogens is 2. The average molecular weight is 202 g/mol. The predicted molar refractivity (Wildman–Crippen MR) is 37.7 cm³/mol. The summed E-state index contributed by atoms with van der Waals surface area (Å²) in [5.74, 6) is 0. The van der Waals surface area contributed by atoms with Gasteiger partial charge in [0.25, 0.3) is 0 Å². The maximum absolute atomic E-state index is 8.07. The summed E-state index contributed by atoms with van der Waals surface area (Å²) in [5.41, 5.74) is 0. The first-order valence-electron chi connectivity index (χ1n) is 1.09. The Kier molecular flexibility index (Phi) is 6.09. The van der Waals surface area contributed by atoms with Crippen LogP contribution in [0.15, 0.2) is 0 Å². The van der Waals surface area contributed by atoms with Gasteiger partial charge in [0.05, 0.1) is 8.50 Å². The minimum Gasteiger partial charge on any atom is -0.344 e. The van der Waals surface area contributed by atoms with Crippen molar-refractivity contribution in [2.24, 2.45) is 0 Å². The van der Waals surface area contributed by atoms with Gasteiger partial charge in [-0.05, 0) is 21.4 Å². The number of hydrogen-bond acceptors (Lipinski definition) is 1. The lowest BCUT2D eigenvalue weighted by molar-refractivity contribution is 0.363. The fraction of sp³-hybridized carbons (Fsp3) is 0. The maximum Gasteiger partial charge on any atom is 0.306 e. The Morgan fingerprint density at radius 3 is 1.25 bits per heavy atom. The van der Waals surface area contributed by atoms with Gasteiger partial charge < -0.3 is 20.8 Å². The van der Waals surface area contributed by atoms with E-state index in [4.69, 9.17) is 36.0 Å². The van der Waals surface area contributed by atoms with E-state index in [2.05, 4.69) is 0 Å². The zero-order valence-electron chi connectivity index (χ0n) is 3.66. The third kappa shape index (κ3) is 5.34. The first-order chi connectivity index (χ1) is 2.94. The molecule has 8 heavy (non-hydrogen) atoms. The first-order valence-corrected chi connectivity index (χ1v) is 6.22. The van der Waals surface area contributed by atoms with Gasteiger partial charge >= 0.3 is 6.72 Å². The molecule has 0 aliphatic rings. The largest absolute Gasteiger partial charge is 0.344 e.